The largest absolute Gasteiger partial charge is 0.395 e. The van der Waals surface area contributed by atoms with Crippen LogP contribution in [0, 0.1) is 0 Å². The molecule has 1 saturated heterocycles. The number of nitrogens with two attached hydrogens (primary N) is 1. The van der Waals surface area contributed by atoms with E-state index in [4.69, 9.17) is 5.84 Å². The number of benzene rings is 1. The van der Waals surface area contributed by atoms with E-state index in [0.29, 0.717) is 27.8 Å². The molecule has 2 heterocycles. The van der Waals surface area contributed by atoms with Crippen molar-refractivity contribution in [2.24, 2.45) is 10.9 Å². The van der Waals surface area contributed by atoms with Crippen LogP contribution in [0.3, 0.4) is 0 Å². The van der Waals surface area contributed by atoms with E-state index in [2.05, 4.69) is 36.6 Å². The Kier molecular flexibility index (Phi) is 5.90. The minimum absolute atomic E-state index is 0.142. The van der Waals surface area contributed by atoms with Crippen LogP contribution in [0.25, 0.3) is 0 Å². The lowest BCUT2D eigenvalue weighted by Crippen LogP contribution is -2.35. The van der Waals surface area contributed by atoms with Crippen LogP contribution in [0.4, 0.5) is 5.69 Å². The van der Waals surface area contributed by atoms with Gasteiger partial charge in [-0.05, 0) is 53.9 Å². The van der Waals surface area contributed by atoms with Gasteiger partial charge in [-0.2, -0.15) is 5.10 Å². The number of hydrogen-bond acceptors (Lipinski definition) is 6. The van der Waals surface area contributed by atoms with Crippen molar-refractivity contribution in [3.63, 3.8) is 0 Å². The summed E-state index contributed by atoms with van der Waals surface area (Å²) in [5, 5.41) is 18.4. The Morgan fingerprint density at radius 1 is 1.50 bits per heavy atom. The molecule has 1 atom stereocenters. The minimum atomic E-state index is -0.384. The summed E-state index contributed by atoms with van der Waals surface area (Å²) in [7, 11) is 0. The summed E-state index contributed by atoms with van der Waals surface area (Å²) in [6, 6.07) is 3.52. The summed E-state index contributed by atoms with van der Waals surface area (Å²) in [5.41, 5.74) is 1.67. The molecular formula is C17H22BrN5O3. The highest BCUT2D eigenvalue weighted by Crippen LogP contribution is 2.32. The molecule has 0 saturated carbocycles. The molecule has 1 aromatic carbocycles. The van der Waals surface area contributed by atoms with Crippen LogP contribution in [0.15, 0.2) is 21.7 Å². The average molecular weight is 424 g/mol. The Hall–Kier alpha value is -1.97. The first kappa shape index (κ1) is 18.8. The molecule has 1 aromatic rings. The second kappa shape index (κ2) is 8.15. The number of anilines is 1. The zero-order valence-corrected chi connectivity index (χ0v) is 15.9. The number of aliphatic hydroxyl groups excluding tert-OH is 1. The van der Waals surface area contributed by atoms with Crippen molar-refractivity contribution in [1.29, 1.82) is 0 Å². The first-order chi connectivity index (χ1) is 12.5. The number of nitrogens with zero attached hydrogens (tertiary/aromatic N) is 2. The van der Waals surface area contributed by atoms with Crippen LogP contribution < -0.4 is 16.5 Å². The van der Waals surface area contributed by atoms with Crippen LogP contribution in [0.1, 0.15) is 35.2 Å². The molecule has 1 fully saturated rings. The number of nitrogens with one attached hydrogen (secondary N) is 2. The van der Waals surface area contributed by atoms with Crippen molar-refractivity contribution in [3.8, 4) is 0 Å². The molecule has 2 aliphatic heterocycles. The van der Waals surface area contributed by atoms with Crippen LogP contribution in [0.5, 0.6) is 0 Å². The molecule has 3 rings (SSSR count). The third kappa shape index (κ3) is 3.74. The molecule has 2 aliphatic rings. The summed E-state index contributed by atoms with van der Waals surface area (Å²) in [6.07, 6.45) is 2.96. The number of amides is 2. The van der Waals surface area contributed by atoms with Gasteiger partial charge < -0.3 is 21.6 Å². The van der Waals surface area contributed by atoms with Crippen LogP contribution in [-0.2, 0) is 4.79 Å². The van der Waals surface area contributed by atoms with E-state index in [1.807, 2.05) is 0 Å². The fraction of sp³-hybridized carbons (Fsp3) is 0.471. The van der Waals surface area contributed by atoms with E-state index in [9.17, 15) is 14.7 Å². The Labute approximate surface area is 159 Å². The predicted octanol–water partition coefficient (Wildman–Crippen LogP) is 0.641. The monoisotopic (exact) mass is 423 g/mol. The summed E-state index contributed by atoms with van der Waals surface area (Å²) >= 11 is 3.38. The van der Waals surface area contributed by atoms with Crippen molar-refractivity contribution in [2.75, 3.05) is 31.6 Å². The lowest BCUT2D eigenvalue weighted by Gasteiger charge is -2.22. The SMILES string of the molecule is NN=C1C(=O)Nc2cc(C(=O)NCCCN3CCC[C@H]3CO)cc(Br)c21. The molecular weight excluding hydrogens is 402 g/mol. The average Bonchev–Trinajstić information content (AvgIpc) is 3.21. The second-order valence-corrected chi connectivity index (χ2v) is 7.29. The van der Waals surface area contributed by atoms with E-state index in [0.717, 1.165) is 32.4 Å². The first-order valence-corrected chi connectivity index (χ1v) is 9.40. The molecule has 5 N–H and O–H groups in total. The molecule has 0 bridgehead atoms. The van der Waals surface area contributed by atoms with E-state index in [1.165, 1.54) is 0 Å². The molecule has 26 heavy (non-hydrogen) atoms. The first-order valence-electron chi connectivity index (χ1n) is 8.61. The predicted molar refractivity (Wildman–Crippen MR) is 102 cm³/mol. The number of carbonyl (C=O) groups excluding carboxylic acids is 2. The molecule has 2 amide bonds. The van der Waals surface area contributed by atoms with Gasteiger partial charge in [0, 0.05) is 34.7 Å². The lowest BCUT2D eigenvalue weighted by molar-refractivity contribution is -0.110. The maximum Gasteiger partial charge on any atom is 0.276 e. The standard InChI is InChI=1S/C17H22BrN5O3/c18-12-7-10(8-13-14(12)15(22-19)17(26)21-13)16(25)20-4-2-6-23-5-1-3-11(23)9-24/h7-8,11,24H,1-6,9,19H2,(H,20,25)(H,21,22,26)/t11-/m0/s1. The molecule has 140 valence electrons. The van der Waals surface area contributed by atoms with Gasteiger partial charge in [-0.25, -0.2) is 0 Å². The Morgan fingerprint density at radius 2 is 2.31 bits per heavy atom. The Morgan fingerprint density at radius 3 is 3.04 bits per heavy atom. The Bertz CT molecular complexity index is 752. The summed E-state index contributed by atoms with van der Waals surface area (Å²) in [5.74, 6) is 4.67. The molecule has 0 aromatic heterocycles. The summed E-state index contributed by atoms with van der Waals surface area (Å²) in [6.45, 7) is 2.59. The highest BCUT2D eigenvalue weighted by Gasteiger charge is 2.29. The normalized spacial score (nSPS) is 21.1. The van der Waals surface area contributed by atoms with E-state index >= 15 is 0 Å². The van der Waals surface area contributed by atoms with Gasteiger partial charge in [0.1, 0.15) is 0 Å². The molecule has 8 nitrogen and oxygen atoms in total. The third-order valence-electron chi connectivity index (χ3n) is 4.80. The molecule has 0 aliphatic carbocycles. The molecule has 0 radical (unpaired) electrons. The maximum absolute atomic E-state index is 12.4. The fourth-order valence-corrected chi connectivity index (χ4v) is 4.13. The number of fused-ring (bicyclic) bond motifs is 1. The van der Waals surface area contributed by atoms with Gasteiger partial charge >= 0.3 is 0 Å². The van der Waals surface area contributed by atoms with Crippen molar-refractivity contribution in [2.45, 2.75) is 25.3 Å². The lowest BCUT2D eigenvalue weighted by atomic mass is 10.1. The topological polar surface area (TPSA) is 120 Å². The van der Waals surface area contributed by atoms with Gasteiger partial charge in [0.15, 0.2) is 5.71 Å². The minimum Gasteiger partial charge on any atom is -0.395 e. The zero-order valence-electron chi connectivity index (χ0n) is 14.3. The van der Waals surface area contributed by atoms with Gasteiger partial charge in [0.25, 0.3) is 11.8 Å². The van der Waals surface area contributed by atoms with Gasteiger partial charge in [-0.3, -0.25) is 14.5 Å². The van der Waals surface area contributed by atoms with Crippen molar-refractivity contribution in [3.05, 3.63) is 27.7 Å². The zero-order chi connectivity index (χ0) is 18.7. The molecule has 0 unspecified atom stereocenters. The second-order valence-electron chi connectivity index (χ2n) is 6.44. The highest BCUT2D eigenvalue weighted by molar-refractivity contribution is 9.10. The third-order valence-corrected chi connectivity index (χ3v) is 5.42. The van der Waals surface area contributed by atoms with Gasteiger partial charge in [-0.15, -0.1) is 0 Å². The quantitative estimate of drug-likeness (QED) is 0.304. The number of likely N-dealkylation sites (tertiary alicyclic amines) is 1. The fourth-order valence-electron chi connectivity index (χ4n) is 3.48. The molecule has 0 spiro atoms. The number of carbonyl (C=O) groups is 2. The van der Waals surface area contributed by atoms with Crippen LogP contribution in [-0.4, -0.2) is 59.8 Å². The molecule has 9 heteroatoms. The van der Waals surface area contributed by atoms with Crippen LogP contribution in [0.2, 0.25) is 0 Å². The smallest absolute Gasteiger partial charge is 0.276 e. The maximum atomic E-state index is 12.4. The van der Waals surface area contributed by atoms with E-state index in [-0.39, 0.29) is 30.2 Å². The van der Waals surface area contributed by atoms with Gasteiger partial charge in [-0.1, -0.05) is 0 Å². The number of hydrogen-bond donors (Lipinski definition) is 4. The van der Waals surface area contributed by atoms with Crippen molar-refractivity contribution >= 4 is 39.1 Å². The number of halogens is 1. The number of rotatable bonds is 6. The Balaban J connectivity index is 1.57. The van der Waals surface area contributed by atoms with Gasteiger partial charge in [0.2, 0.25) is 0 Å². The highest BCUT2D eigenvalue weighted by atomic mass is 79.9. The van der Waals surface area contributed by atoms with Gasteiger partial charge in [0.05, 0.1) is 12.3 Å². The summed E-state index contributed by atoms with van der Waals surface area (Å²) in [4.78, 5) is 26.5. The van der Waals surface area contributed by atoms with E-state index < -0.39 is 0 Å². The summed E-state index contributed by atoms with van der Waals surface area (Å²) < 4.78 is 0.588. The van der Waals surface area contributed by atoms with Crippen molar-refractivity contribution < 1.29 is 14.7 Å². The van der Waals surface area contributed by atoms with E-state index in [1.54, 1.807) is 12.1 Å². The van der Waals surface area contributed by atoms with Crippen LogP contribution >= 0.6 is 15.9 Å². The number of hydrazone groups is 1. The van der Waals surface area contributed by atoms with Crippen molar-refractivity contribution in [1.82, 2.24) is 10.2 Å². The number of aliphatic hydroxyl groups is 1.